The van der Waals surface area contributed by atoms with Crippen LogP contribution >= 0.6 is 11.3 Å². The van der Waals surface area contributed by atoms with Crippen LogP contribution in [0.5, 0.6) is 0 Å². The highest BCUT2D eigenvalue weighted by Crippen LogP contribution is 2.21. The largest absolute Gasteiger partial charge is 0.356 e. The van der Waals surface area contributed by atoms with Gasteiger partial charge in [0.2, 0.25) is 16.0 Å². The Bertz CT molecular complexity index is 845. The Morgan fingerprint density at radius 3 is 2.58 bits per heavy atom. The van der Waals surface area contributed by atoms with Gasteiger partial charge in [0.05, 0.1) is 0 Å². The van der Waals surface area contributed by atoms with Crippen LogP contribution in [0.4, 0.5) is 11.8 Å². The van der Waals surface area contributed by atoms with Gasteiger partial charge in [0.15, 0.2) is 0 Å². The maximum absolute atomic E-state index is 12.2. The zero-order valence-corrected chi connectivity index (χ0v) is 16.8. The molecular formula is C17H25N5O2S2. The van der Waals surface area contributed by atoms with Crippen molar-refractivity contribution in [3.8, 4) is 0 Å². The molecule has 2 aromatic rings. The number of nitrogens with one attached hydrogen (secondary N) is 2. The molecular weight excluding hydrogens is 370 g/mol. The zero-order valence-electron chi connectivity index (χ0n) is 15.2. The van der Waals surface area contributed by atoms with Crippen LogP contribution in [-0.2, 0) is 10.0 Å². The van der Waals surface area contributed by atoms with Crippen LogP contribution < -0.4 is 14.9 Å². The van der Waals surface area contributed by atoms with Crippen molar-refractivity contribution in [2.75, 3.05) is 36.4 Å². The van der Waals surface area contributed by atoms with Gasteiger partial charge in [-0.15, -0.1) is 11.3 Å². The van der Waals surface area contributed by atoms with E-state index in [-0.39, 0.29) is 6.54 Å². The van der Waals surface area contributed by atoms with Crippen molar-refractivity contribution in [2.24, 2.45) is 0 Å². The Morgan fingerprint density at radius 2 is 1.88 bits per heavy atom. The number of aromatic nitrogens is 2. The van der Waals surface area contributed by atoms with Gasteiger partial charge in [-0.2, -0.15) is 4.98 Å². The molecule has 1 saturated heterocycles. The van der Waals surface area contributed by atoms with Crippen LogP contribution in [0.1, 0.15) is 29.8 Å². The summed E-state index contributed by atoms with van der Waals surface area (Å²) in [5, 5.41) is 3.12. The van der Waals surface area contributed by atoms with E-state index < -0.39 is 10.0 Å². The molecule has 0 aromatic carbocycles. The molecule has 0 unspecified atom stereocenters. The van der Waals surface area contributed by atoms with Gasteiger partial charge in [-0.1, -0.05) is 0 Å². The monoisotopic (exact) mass is 395 g/mol. The summed E-state index contributed by atoms with van der Waals surface area (Å²) in [6.45, 7) is 6.58. The van der Waals surface area contributed by atoms with E-state index in [4.69, 9.17) is 0 Å². The summed E-state index contributed by atoms with van der Waals surface area (Å²) in [5.74, 6) is 1.48. The molecule has 1 fully saturated rings. The number of aryl methyl sites for hydroxylation is 2. The third kappa shape index (κ3) is 4.93. The predicted octanol–water partition coefficient (Wildman–Crippen LogP) is 2.54. The summed E-state index contributed by atoms with van der Waals surface area (Å²) in [6.07, 6.45) is 3.65. The third-order valence-electron chi connectivity index (χ3n) is 4.20. The molecule has 0 amide bonds. The lowest BCUT2D eigenvalue weighted by molar-refractivity contribution is 0.573. The zero-order chi connectivity index (χ0) is 18.6. The molecule has 0 saturated carbocycles. The predicted molar refractivity (Wildman–Crippen MR) is 106 cm³/mol. The maximum atomic E-state index is 12.2. The molecule has 0 atom stereocenters. The van der Waals surface area contributed by atoms with E-state index >= 15 is 0 Å². The third-order valence-corrected chi connectivity index (χ3v) is 7.16. The van der Waals surface area contributed by atoms with E-state index in [0.29, 0.717) is 16.7 Å². The molecule has 9 heteroatoms. The van der Waals surface area contributed by atoms with Gasteiger partial charge < -0.3 is 10.2 Å². The Labute approximate surface area is 158 Å². The van der Waals surface area contributed by atoms with Crippen LogP contribution in [0.25, 0.3) is 0 Å². The van der Waals surface area contributed by atoms with Gasteiger partial charge in [-0.25, -0.2) is 18.1 Å². The fourth-order valence-electron chi connectivity index (χ4n) is 2.90. The lowest BCUT2D eigenvalue weighted by Crippen LogP contribution is -2.31. The number of hydrogen-bond acceptors (Lipinski definition) is 7. The van der Waals surface area contributed by atoms with Gasteiger partial charge in [-0.05, 0) is 45.2 Å². The number of sulfonamides is 1. The summed E-state index contributed by atoms with van der Waals surface area (Å²) in [5.41, 5.74) is 0.901. The lowest BCUT2D eigenvalue weighted by Gasteiger charge is -2.28. The van der Waals surface area contributed by atoms with E-state index in [0.717, 1.165) is 29.5 Å². The van der Waals surface area contributed by atoms with Crippen molar-refractivity contribution in [1.29, 1.82) is 0 Å². The van der Waals surface area contributed by atoms with E-state index in [1.54, 1.807) is 12.1 Å². The fourth-order valence-corrected chi connectivity index (χ4v) is 5.26. The second-order valence-corrected chi connectivity index (χ2v) is 9.71. The molecule has 0 radical (unpaired) electrons. The molecule has 0 aliphatic carbocycles. The first kappa shape index (κ1) is 19.1. The summed E-state index contributed by atoms with van der Waals surface area (Å²) in [6, 6.07) is 5.43. The van der Waals surface area contributed by atoms with Gasteiger partial charge in [-0.3, -0.25) is 0 Å². The van der Waals surface area contributed by atoms with E-state index in [2.05, 4.69) is 24.9 Å². The summed E-state index contributed by atoms with van der Waals surface area (Å²) in [4.78, 5) is 12.2. The van der Waals surface area contributed by atoms with Crippen molar-refractivity contribution >= 4 is 33.1 Å². The number of thiophene rings is 1. The average molecular weight is 396 g/mol. The smallest absolute Gasteiger partial charge is 0.250 e. The van der Waals surface area contributed by atoms with Crippen LogP contribution in [0, 0.1) is 13.8 Å². The molecule has 1 aliphatic heterocycles. The van der Waals surface area contributed by atoms with Gasteiger partial charge in [0, 0.05) is 42.8 Å². The number of anilines is 2. The van der Waals surface area contributed by atoms with Crippen LogP contribution in [0.2, 0.25) is 0 Å². The number of piperidine rings is 1. The number of nitrogens with zero attached hydrogens (tertiary/aromatic N) is 3. The van der Waals surface area contributed by atoms with Gasteiger partial charge in [0.1, 0.15) is 10.0 Å². The number of rotatable bonds is 7. The van der Waals surface area contributed by atoms with Crippen molar-refractivity contribution in [3.05, 3.63) is 28.8 Å². The van der Waals surface area contributed by atoms with Gasteiger partial charge in [0.25, 0.3) is 0 Å². The van der Waals surface area contributed by atoms with E-state index in [1.165, 1.54) is 30.6 Å². The van der Waals surface area contributed by atoms with Crippen LogP contribution in [-0.4, -0.2) is 44.6 Å². The fraction of sp³-hybridized carbons (Fsp3) is 0.529. The van der Waals surface area contributed by atoms with Crippen molar-refractivity contribution < 1.29 is 8.42 Å². The highest BCUT2D eigenvalue weighted by Gasteiger charge is 2.16. The second-order valence-electron chi connectivity index (χ2n) is 6.43. The Balaban J connectivity index is 1.55. The van der Waals surface area contributed by atoms with Crippen molar-refractivity contribution in [1.82, 2.24) is 14.7 Å². The lowest BCUT2D eigenvalue weighted by atomic mass is 10.1. The van der Waals surface area contributed by atoms with E-state index in [9.17, 15) is 8.42 Å². The quantitative estimate of drug-likeness (QED) is 0.701. The van der Waals surface area contributed by atoms with Crippen LogP contribution in [0.3, 0.4) is 0 Å². The molecule has 2 N–H and O–H groups in total. The van der Waals surface area contributed by atoms with E-state index in [1.807, 2.05) is 19.9 Å². The molecule has 26 heavy (non-hydrogen) atoms. The highest BCUT2D eigenvalue weighted by molar-refractivity contribution is 7.91. The Kier molecular flexibility index (Phi) is 6.10. The minimum Gasteiger partial charge on any atom is -0.356 e. The number of hydrogen-bond donors (Lipinski definition) is 2. The minimum atomic E-state index is -3.45. The molecule has 7 nitrogen and oxygen atoms in total. The summed E-state index contributed by atoms with van der Waals surface area (Å²) < 4.78 is 27.4. The first-order valence-electron chi connectivity index (χ1n) is 8.85. The second kappa shape index (κ2) is 8.32. The molecule has 0 spiro atoms. The Hall–Kier alpha value is -1.71. The van der Waals surface area contributed by atoms with Crippen molar-refractivity contribution in [3.63, 3.8) is 0 Å². The molecule has 3 rings (SSSR count). The molecule has 142 valence electrons. The van der Waals surface area contributed by atoms with Crippen LogP contribution in [0.15, 0.2) is 22.4 Å². The highest BCUT2D eigenvalue weighted by atomic mass is 32.2. The first-order valence-corrected chi connectivity index (χ1v) is 11.1. The average Bonchev–Trinajstić information content (AvgIpc) is 3.07. The molecule has 2 aromatic heterocycles. The maximum Gasteiger partial charge on any atom is 0.250 e. The van der Waals surface area contributed by atoms with Gasteiger partial charge >= 0.3 is 0 Å². The normalized spacial score (nSPS) is 15.2. The topological polar surface area (TPSA) is 87.2 Å². The summed E-state index contributed by atoms with van der Waals surface area (Å²) >= 11 is 1.27. The minimum absolute atomic E-state index is 0.273. The summed E-state index contributed by atoms with van der Waals surface area (Å²) in [7, 11) is -3.45. The van der Waals surface area contributed by atoms with Crippen molar-refractivity contribution in [2.45, 2.75) is 37.3 Å². The standard InChI is InChI=1S/C17H25N5O2S2/c1-13-12-15(22-10-4-3-5-11-22)21-17(20-13)18-8-9-19-26(23,24)16-7-6-14(2)25-16/h6-7,12,19H,3-5,8-11H2,1-2H3,(H,18,20,21). The SMILES string of the molecule is Cc1cc(N2CCCCC2)nc(NCCNS(=O)(=O)c2ccc(C)s2)n1. The molecule has 3 heterocycles. The molecule has 0 bridgehead atoms. The Morgan fingerprint density at radius 1 is 1.12 bits per heavy atom. The first-order chi connectivity index (χ1) is 12.4. The molecule has 1 aliphatic rings.